The van der Waals surface area contributed by atoms with Gasteiger partial charge in [-0.25, -0.2) is 9.59 Å². The number of hydrogen-bond acceptors (Lipinski definition) is 5. The zero-order valence-corrected chi connectivity index (χ0v) is 21.3. The standard InChI is InChI=1S/C28H33N3O6/c1-18(21-7-5-4-6-8-21)37-28(35)29-24-25(30(2)31(3)26(24)32)22-14-11-20(12-15-22)17-36-23(27(33)34)16-13-19-9-10-19/h4-8,11-12,14-15,18-19,23H,9-10,13,16-17H2,1-3H3,(H,29,35)(H,33,34). The Hall–Kier alpha value is -3.85. The fourth-order valence-corrected chi connectivity index (χ4v) is 4.27. The zero-order valence-electron chi connectivity index (χ0n) is 21.3. The van der Waals surface area contributed by atoms with E-state index in [1.165, 1.54) is 17.5 Å². The Kier molecular flexibility index (Phi) is 8.13. The van der Waals surface area contributed by atoms with Gasteiger partial charge >= 0.3 is 12.1 Å². The Bertz CT molecular complexity index is 1290. The fraction of sp³-hybridized carbons (Fsp3) is 0.393. The Morgan fingerprint density at radius 1 is 1.05 bits per heavy atom. The number of nitrogens with zero attached hydrogens (tertiary/aromatic N) is 2. The van der Waals surface area contributed by atoms with Crippen molar-refractivity contribution in [2.75, 3.05) is 5.32 Å². The summed E-state index contributed by atoms with van der Waals surface area (Å²) < 4.78 is 14.2. The maximum absolute atomic E-state index is 12.9. The summed E-state index contributed by atoms with van der Waals surface area (Å²) in [4.78, 5) is 37.1. The SMILES string of the molecule is CC(OC(=O)Nc1c(-c2ccc(COC(CCC3CC3)C(=O)O)cc2)n(C)n(C)c1=O)c1ccccc1. The third kappa shape index (κ3) is 6.48. The molecule has 2 unspecified atom stereocenters. The van der Waals surface area contributed by atoms with Crippen LogP contribution >= 0.6 is 0 Å². The lowest BCUT2D eigenvalue weighted by Crippen LogP contribution is -2.23. The lowest BCUT2D eigenvalue weighted by Gasteiger charge is -2.15. The number of hydrogen-bond donors (Lipinski definition) is 2. The van der Waals surface area contributed by atoms with Crippen molar-refractivity contribution in [2.24, 2.45) is 20.0 Å². The summed E-state index contributed by atoms with van der Waals surface area (Å²) in [6.07, 6.45) is 1.70. The first kappa shape index (κ1) is 26.2. The van der Waals surface area contributed by atoms with Crippen molar-refractivity contribution in [1.82, 2.24) is 9.36 Å². The normalized spacial score (nSPS) is 14.7. The number of benzene rings is 2. The van der Waals surface area contributed by atoms with E-state index >= 15 is 0 Å². The van der Waals surface area contributed by atoms with Crippen LogP contribution in [-0.4, -0.2) is 32.6 Å². The number of anilines is 1. The van der Waals surface area contributed by atoms with E-state index in [4.69, 9.17) is 9.47 Å². The second-order valence-electron chi connectivity index (χ2n) is 9.51. The number of carbonyl (C=O) groups is 2. The minimum Gasteiger partial charge on any atom is -0.479 e. The molecule has 2 atom stereocenters. The van der Waals surface area contributed by atoms with Crippen LogP contribution in [0.2, 0.25) is 0 Å². The highest BCUT2D eigenvalue weighted by atomic mass is 16.6. The van der Waals surface area contributed by atoms with Crippen LogP contribution in [0.15, 0.2) is 59.4 Å². The summed E-state index contributed by atoms with van der Waals surface area (Å²) in [5, 5.41) is 12.1. The molecule has 1 saturated carbocycles. The second kappa shape index (κ2) is 11.5. The number of nitrogens with one attached hydrogen (secondary N) is 1. The van der Waals surface area contributed by atoms with Crippen LogP contribution in [0.25, 0.3) is 11.3 Å². The molecular weight excluding hydrogens is 474 g/mol. The van der Waals surface area contributed by atoms with Gasteiger partial charge < -0.3 is 14.6 Å². The van der Waals surface area contributed by atoms with Gasteiger partial charge in [0.15, 0.2) is 6.10 Å². The van der Waals surface area contributed by atoms with Crippen molar-refractivity contribution in [2.45, 2.75) is 51.4 Å². The Morgan fingerprint density at radius 3 is 2.35 bits per heavy atom. The van der Waals surface area contributed by atoms with Crippen molar-refractivity contribution < 1.29 is 24.2 Å². The van der Waals surface area contributed by atoms with Gasteiger partial charge in [-0.2, -0.15) is 0 Å². The Labute approximate surface area is 215 Å². The number of aromatic nitrogens is 2. The van der Waals surface area contributed by atoms with E-state index in [0.717, 1.165) is 17.5 Å². The maximum atomic E-state index is 12.9. The molecule has 0 aliphatic heterocycles. The molecule has 1 aliphatic rings. The summed E-state index contributed by atoms with van der Waals surface area (Å²) in [5.74, 6) is -0.301. The topological polar surface area (TPSA) is 112 Å². The maximum Gasteiger partial charge on any atom is 0.412 e. The van der Waals surface area contributed by atoms with Gasteiger partial charge in [0, 0.05) is 19.7 Å². The Morgan fingerprint density at radius 2 is 1.73 bits per heavy atom. The van der Waals surface area contributed by atoms with Crippen LogP contribution in [0.1, 0.15) is 49.8 Å². The van der Waals surface area contributed by atoms with Crippen LogP contribution in [0, 0.1) is 5.92 Å². The van der Waals surface area contributed by atoms with Crippen molar-refractivity contribution in [3.63, 3.8) is 0 Å². The number of amides is 1. The highest BCUT2D eigenvalue weighted by Crippen LogP contribution is 2.34. The van der Waals surface area contributed by atoms with Crippen molar-refractivity contribution in [3.05, 3.63) is 76.1 Å². The lowest BCUT2D eigenvalue weighted by atomic mass is 10.1. The molecule has 2 aromatic carbocycles. The van der Waals surface area contributed by atoms with E-state index in [1.54, 1.807) is 25.7 Å². The number of aliphatic carboxylic acids is 1. The molecule has 1 fully saturated rings. The molecule has 1 heterocycles. The first-order chi connectivity index (χ1) is 17.7. The van der Waals surface area contributed by atoms with Gasteiger partial charge in [-0.1, -0.05) is 67.4 Å². The van der Waals surface area contributed by atoms with Gasteiger partial charge in [-0.05, 0) is 36.8 Å². The van der Waals surface area contributed by atoms with E-state index in [1.807, 2.05) is 54.6 Å². The van der Waals surface area contributed by atoms with Crippen molar-refractivity contribution >= 4 is 17.7 Å². The molecule has 0 spiro atoms. The smallest absolute Gasteiger partial charge is 0.412 e. The first-order valence-electron chi connectivity index (χ1n) is 12.5. The zero-order chi connectivity index (χ0) is 26.5. The summed E-state index contributed by atoms with van der Waals surface area (Å²) in [7, 11) is 3.35. The van der Waals surface area contributed by atoms with E-state index < -0.39 is 24.3 Å². The third-order valence-electron chi connectivity index (χ3n) is 6.79. The van der Waals surface area contributed by atoms with Gasteiger partial charge in [0.05, 0.1) is 12.3 Å². The summed E-state index contributed by atoms with van der Waals surface area (Å²) in [6, 6.07) is 16.6. The predicted molar refractivity (Wildman–Crippen MR) is 139 cm³/mol. The van der Waals surface area contributed by atoms with Gasteiger partial charge in [0.2, 0.25) is 0 Å². The fourth-order valence-electron chi connectivity index (χ4n) is 4.27. The molecule has 1 aliphatic carbocycles. The number of ether oxygens (including phenoxy) is 2. The molecule has 1 aromatic heterocycles. The number of carboxylic acids is 1. The molecule has 0 bridgehead atoms. The monoisotopic (exact) mass is 507 g/mol. The van der Waals surface area contributed by atoms with Crippen LogP contribution in [-0.2, 0) is 35.0 Å². The van der Waals surface area contributed by atoms with Crippen LogP contribution in [0.3, 0.4) is 0 Å². The van der Waals surface area contributed by atoms with E-state index in [-0.39, 0.29) is 17.9 Å². The molecule has 9 heteroatoms. The third-order valence-corrected chi connectivity index (χ3v) is 6.79. The Balaban J connectivity index is 1.45. The predicted octanol–water partition coefficient (Wildman–Crippen LogP) is 4.86. The quantitative estimate of drug-likeness (QED) is 0.383. The molecule has 37 heavy (non-hydrogen) atoms. The molecule has 9 nitrogen and oxygen atoms in total. The highest BCUT2D eigenvalue weighted by Gasteiger charge is 2.26. The van der Waals surface area contributed by atoms with Gasteiger partial charge in [0.25, 0.3) is 5.56 Å². The number of carboxylic acid groups (broad SMARTS) is 1. The van der Waals surface area contributed by atoms with E-state index in [9.17, 15) is 19.5 Å². The van der Waals surface area contributed by atoms with E-state index in [2.05, 4.69) is 5.32 Å². The molecule has 0 radical (unpaired) electrons. The molecule has 1 amide bonds. The number of carbonyl (C=O) groups excluding carboxylic acids is 1. The summed E-state index contributed by atoms with van der Waals surface area (Å²) in [5.41, 5.74) is 2.64. The first-order valence-corrected chi connectivity index (χ1v) is 12.5. The second-order valence-corrected chi connectivity index (χ2v) is 9.51. The summed E-state index contributed by atoms with van der Waals surface area (Å²) >= 11 is 0. The lowest BCUT2D eigenvalue weighted by molar-refractivity contribution is -0.151. The highest BCUT2D eigenvalue weighted by molar-refractivity contribution is 5.90. The van der Waals surface area contributed by atoms with Crippen LogP contribution in [0.4, 0.5) is 10.5 Å². The summed E-state index contributed by atoms with van der Waals surface area (Å²) in [6.45, 7) is 1.94. The molecule has 196 valence electrons. The van der Waals surface area contributed by atoms with E-state index in [0.29, 0.717) is 23.6 Å². The van der Waals surface area contributed by atoms with Gasteiger partial charge in [0.1, 0.15) is 11.8 Å². The van der Waals surface area contributed by atoms with Crippen LogP contribution < -0.4 is 10.9 Å². The minimum atomic E-state index is -0.944. The van der Waals surface area contributed by atoms with Crippen molar-refractivity contribution in [3.8, 4) is 11.3 Å². The molecule has 0 saturated heterocycles. The molecule has 4 rings (SSSR count). The number of rotatable bonds is 11. The van der Waals surface area contributed by atoms with Gasteiger partial charge in [-0.3, -0.25) is 19.5 Å². The largest absolute Gasteiger partial charge is 0.479 e. The molecule has 3 aromatic rings. The van der Waals surface area contributed by atoms with Gasteiger partial charge in [-0.15, -0.1) is 0 Å². The molecule has 2 N–H and O–H groups in total. The average Bonchev–Trinajstić information content (AvgIpc) is 3.69. The average molecular weight is 508 g/mol. The van der Waals surface area contributed by atoms with Crippen LogP contribution in [0.5, 0.6) is 0 Å². The minimum absolute atomic E-state index is 0.116. The molecular formula is C28H33N3O6. The van der Waals surface area contributed by atoms with Crippen molar-refractivity contribution in [1.29, 1.82) is 0 Å².